The summed E-state index contributed by atoms with van der Waals surface area (Å²) < 4.78 is 4.94. The van der Waals surface area contributed by atoms with Crippen LogP contribution in [0.5, 0.6) is 0 Å². The van der Waals surface area contributed by atoms with Crippen molar-refractivity contribution in [3.8, 4) is 0 Å². The molecule has 0 aliphatic carbocycles. The van der Waals surface area contributed by atoms with Gasteiger partial charge in [-0.2, -0.15) is 12.6 Å². The monoisotopic (exact) mass is 247 g/mol. The van der Waals surface area contributed by atoms with E-state index in [1.807, 2.05) is 20.8 Å². The highest BCUT2D eigenvalue weighted by Crippen LogP contribution is 2.28. The van der Waals surface area contributed by atoms with Gasteiger partial charge in [0.15, 0.2) is 0 Å². The second-order valence-corrected chi connectivity index (χ2v) is 6.30. The zero-order valence-electron chi connectivity index (χ0n) is 10.2. The number of aliphatic hydroxyl groups is 1. The standard InChI is InChI=1S/C11H21NO3S/c1-10(2,3)15-9(14)12-6-4-11(16,8-13)5-7-12/h13,16H,4-8H2,1-3H3. The van der Waals surface area contributed by atoms with Crippen LogP contribution >= 0.6 is 12.6 Å². The van der Waals surface area contributed by atoms with Crippen LogP contribution in [-0.4, -0.2) is 46.1 Å². The van der Waals surface area contributed by atoms with E-state index in [9.17, 15) is 4.79 Å². The van der Waals surface area contributed by atoms with Crippen molar-refractivity contribution in [3.63, 3.8) is 0 Å². The Labute approximate surface area is 102 Å². The molecule has 0 unspecified atom stereocenters. The second kappa shape index (κ2) is 4.84. The molecular weight excluding hydrogens is 226 g/mol. The predicted molar refractivity (Wildman–Crippen MR) is 65.8 cm³/mol. The Morgan fingerprint density at radius 2 is 1.94 bits per heavy atom. The minimum absolute atomic E-state index is 0.0538. The fourth-order valence-corrected chi connectivity index (χ4v) is 1.79. The van der Waals surface area contributed by atoms with Crippen molar-refractivity contribution >= 4 is 18.7 Å². The Bertz CT molecular complexity index is 254. The predicted octanol–water partition coefficient (Wildman–Crippen LogP) is 1.68. The summed E-state index contributed by atoms with van der Waals surface area (Å²) in [6.45, 7) is 6.80. The number of ether oxygens (including phenoxy) is 1. The lowest BCUT2D eigenvalue weighted by Gasteiger charge is -2.37. The van der Waals surface area contributed by atoms with Gasteiger partial charge in [0.05, 0.1) is 6.61 Å². The van der Waals surface area contributed by atoms with Crippen LogP contribution in [-0.2, 0) is 4.74 Å². The molecule has 0 atom stereocenters. The van der Waals surface area contributed by atoms with Crippen molar-refractivity contribution in [1.82, 2.24) is 4.90 Å². The highest BCUT2D eigenvalue weighted by atomic mass is 32.1. The van der Waals surface area contributed by atoms with E-state index in [0.717, 1.165) is 0 Å². The molecule has 1 fully saturated rings. The molecule has 94 valence electrons. The van der Waals surface area contributed by atoms with Crippen LogP contribution < -0.4 is 0 Å². The molecule has 0 radical (unpaired) electrons. The zero-order chi connectivity index (χ0) is 12.4. The van der Waals surface area contributed by atoms with Gasteiger partial charge in [0, 0.05) is 17.8 Å². The second-order valence-electron chi connectivity index (χ2n) is 5.35. The number of carbonyl (C=O) groups is 1. The van der Waals surface area contributed by atoms with Crippen LogP contribution in [0.1, 0.15) is 33.6 Å². The molecule has 0 aromatic heterocycles. The number of likely N-dealkylation sites (tertiary alicyclic amines) is 1. The summed E-state index contributed by atoms with van der Waals surface area (Å²) in [5, 5.41) is 9.15. The molecule has 0 bridgehead atoms. The quantitative estimate of drug-likeness (QED) is 0.693. The van der Waals surface area contributed by atoms with Gasteiger partial charge in [-0.15, -0.1) is 0 Å². The van der Waals surface area contributed by atoms with Gasteiger partial charge in [-0.1, -0.05) is 0 Å². The van der Waals surface area contributed by atoms with Crippen LogP contribution in [0.3, 0.4) is 0 Å². The molecule has 1 saturated heterocycles. The van der Waals surface area contributed by atoms with Gasteiger partial charge in [0.25, 0.3) is 0 Å². The van der Waals surface area contributed by atoms with Gasteiger partial charge in [-0.05, 0) is 33.6 Å². The maximum atomic E-state index is 11.7. The summed E-state index contributed by atoms with van der Waals surface area (Å²) in [6, 6.07) is 0. The molecule has 0 spiro atoms. The number of amides is 1. The van der Waals surface area contributed by atoms with Gasteiger partial charge < -0.3 is 14.7 Å². The molecule has 16 heavy (non-hydrogen) atoms. The van der Waals surface area contributed by atoms with Crippen molar-refractivity contribution in [3.05, 3.63) is 0 Å². The van der Waals surface area contributed by atoms with E-state index in [0.29, 0.717) is 25.9 Å². The number of hydrogen-bond acceptors (Lipinski definition) is 4. The highest BCUT2D eigenvalue weighted by molar-refractivity contribution is 7.81. The lowest BCUT2D eigenvalue weighted by molar-refractivity contribution is 0.0180. The van der Waals surface area contributed by atoms with E-state index in [2.05, 4.69) is 12.6 Å². The van der Waals surface area contributed by atoms with Crippen LogP contribution in [0.4, 0.5) is 4.79 Å². The molecule has 1 aliphatic heterocycles. The number of carbonyl (C=O) groups excluding carboxylic acids is 1. The van der Waals surface area contributed by atoms with Crippen molar-refractivity contribution in [2.24, 2.45) is 0 Å². The van der Waals surface area contributed by atoms with Gasteiger partial charge in [0.2, 0.25) is 0 Å². The maximum absolute atomic E-state index is 11.7. The summed E-state index contributed by atoms with van der Waals surface area (Å²) in [7, 11) is 0. The van der Waals surface area contributed by atoms with Crippen molar-refractivity contribution < 1.29 is 14.6 Å². The van der Waals surface area contributed by atoms with Crippen molar-refractivity contribution in [2.45, 2.75) is 44.0 Å². The molecule has 1 N–H and O–H groups in total. The summed E-state index contributed by atoms with van der Waals surface area (Å²) in [4.78, 5) is 13.4. The number of hydrogen-bond donors (Lipinski definition) is 2. The van der Waals surface area contributed by atoms with Crippen LogP contribution in [0.15, 0.2) is 0 Å². The van der Waals surface area contributed by atoms with Crippen LogP contribution in [0, 0.1) is 0 Å². The van der Waals surface area contributed by atoms with Gasteiger partial charge in [0.1, 0.15) is 5.60 Å². The van der Waals surface area contributed by atoms with Crippen molar-refractivity contribution in [1.29, 1.82) is 0 Å². The van der Waals surface area contributed by atoms with Gasteiger partial charge in [-0.25, -0.2) is 4.79 Å². The number of nitrogens with zero attached hydrogens (tertiary/aromatic N) is 1. The first-order valence-electron chi connectivity index (χ1n) is 5.57. The Balaban J connectivity index is 2.45. The summed E-state index contributed by atoms with van der Waals surface area (Å²) in [6.07, 6.45) is 1.12. The molecule has 4 nitrogen and oxygen atoms in total. The fraction of sp³-hybridized carbons (Fsp3) is 0.909. The summed E-state index contributed by atoms with van der Waals surface area (Å²) >= 11 is 4.42. The van der Waals surface area contributed by atoms with Gasteiger partial charge >= 0.3 is 6.09 Å². The third-order valence-corrected chi connectivity index (χ3v) is 3.23. The maximum Gasteiger partial charge on any atom is 0.410 e. The molecule has 1 heterocycles. The number of piperidine rings is 1. The third-order valence-electron chi connectivity index (χ3n) is 2.64. The lowest BCUT2D eigenvalue weighted by Crippen LogP contribution is -2.47. The molecule has 0 aromatic carbocycles. The molecule has 0 saturated carbocycles. The Hall–Kier alpha value is -0.420. The third kappa shape index (κ3) is 3.87. The SMILES string of the molecule is CC(C)(C)OC(=O)N1CCC(S)(CO)CC1. The van der Waals surface area contributed by atoms with Gasteiger partial charge in [-0.3, -0.25) is 0 Å². The topological polar surface area (TPSA) is 49.8 Å². The summed E-state index contributed by atoms with van der Waals surface area (Å²) in [5.41, 5.74) is -0.455. The molecule has 1 aliphatic rings. The Morgan fingerprint density at radius 1 is 1.44 bits per heavy atom. The Morgan fingerprint density at radius 3 is 2.31 bits per heavy atom. The van der Waals surface area contributed by atoms with E-state index in [4.69, 9.17) is 9.84 Å². The average Bonchev–Trinajstić information content (AvgIpc) is 2.16. The van der Waals surface area contributed by atoms with Crippen LogP contribution in [0.2, 0.25) is 0 Å². The van der Waals surface area contributed by atoms with E-state index in [1.54, 1.807) is 4.90 Å². The fourth-order valence-electron chi connectivity index (χ4n) is 1.59. The molecule has 1 amide bonds. The first-order chi connectivity index (χ1) is 7.26. The van der Waals surface area contributed by atoms with E-state index >= 15 is 0 Å². The molecular formula is C11H21NO3S. The Kier molecular flexibility index (Phi) is 4.12. The number of thiol groups is 1. The summed E-state index contributed by atoms with van der Waals surface area (Å²) in [5.74, 6) is 0. The van der Waals surface area contributed by atoms with E-state index in [1.165, 1.54) is 0 Å². The normalized spacial score (nSPS) is 20.7. The highest BCUT2D eigenvalue weighted by Gasteiger charge is 2.33. The average molecular weight is 247 g/mol. The molecule has 0 aromatic rings. The first-order valence-corrected chi connectivity index (χ1v) is 6.02. The molecule has 5 heteroatoms. The smallest absolute Gasteiger partial charge is 0.410 e. The first kappa shape index (κ1) is 13.6. The molecule has 1 rings (SSSR count). The van der Waals surface area contributed by atoms with E-state index in [-0.39, 0.29) is 17.4 Å². The van der Waals surface area contributed by atoms with Crippen LogP contribution in [0.25, 0.3) is 0 Å². The minimum Gasteiger partial charge on any atom is -0.444 e. The minimum atomic E-state index is -0.455. The van der Waals surface area contributed by atoms with E-state index < -0.39 is 5.60 Å². The zero-order valence-corrected chi connectivity index (χ0v) is 11.1. The number of rotatable bonds is 1. The van der Waals surface area contributed by atoms with Crippen molar-refractivity contribution in [2.75, 3.05) is 19.7 Å². The number of aliphatic hydroxyl groups excluding tert-OH is 1. The lowest BCUT2D eigenvalue weighted by atomic mass is 9.97. The largest absolute Gasteiger partial charge is 0.444 e.